The number of rotatable bonds is 6. The van der Waals surface area contributed by atoms with Crippen LogP contribution in [0.1, 0.15) is 30.6 Å². The van der Waals surface area contributed by atoms with Gasteiger partial charge in [-0.05, 0) is 31.5 Å². The smallest absolute Gasteiger partial charge is 0.177 e. The summed E-state index contributed by atoms with van der Waals surface area (Å²) in [6, 6.07) is 3.65. The number of halogens is 1. The lowest BCUT2D eigenvalue weighted by molar-refractivity contribution is 0.102. The molecule has 1 atom stereocenters. The molecule has 1 unspecified atom stereocenters. The van der Waals surface area contributed by atoms with Crippen LogP contribution in [0, 0.1) is 5.82 Å². The van der Waals surface area contributed by atoms with E-state index in [1.807, 2.05) is 0 Å². The maximum atomic E-state index is 13.4. The topological polar surface area (TPSA) is 60.4 Å². The Bertz CT molecular complexity index is 566. The summed E-state index contributed by atoms with van der Waals surface area (Å²) >= 11 is 0. The van der Waals surface area contributed by atoms with Gasteiger partial charge in [0.1, 0.15) is 5.75 Å². The van der Waals surface area contributed by atoms with Crippen LogP contribution in [0.3, 0.4) is 0 Å². The zero-order chi connectivity index (χ0) is 14.6. The van der Waals surface area contributed by atoms with E-state index in [2.05, 4.69) is 0 Å². The fourth-order valence-electron chi connectivity index (χ4n) is 1.50. The van der Waals surface area contributed by atoms with Crippen molar-refractivity contribution in [3.63, 3.8) is 0 Å². The van der Waals surface area contributed by atoms with Crippen LogP contribution in [0.15, 0.2) is 18.2 Å². The maximum absolute atomic E-state index is 13.4. The molecule has 1 aromatic rings. The lowest BCUT2D eigenvalue weighted by Crippen LogP contribution is -2.25. The number of sulfone groups is 1. The summed E-state index contributed by atoms with van der Waals surface area (Å²) in [6.07, 6.45) is 0.437. The molecule has 19 heavy (non-hydrogen) atoms. The average Bonchev–Trinajstić information content (AvgIpc) is 2.36. The summed E-state index contributed by atoms with van der Waals surface area (Å²) < 4.78 is 41.8. The first-order valence-electron chi connectivity index (χ1n) is 5.90. The minimum absolute atomic E-state index is 0.0151. The second-order valence-electron chi connectivity index (χ2n) is 4.30. The number of carbonyl (C=O) groups is 1. The molecule has 1 rings (SSSR count). The van der Waals surface area contributed by atoms with E-state index >= 15 is 0 Å². The monoisotopic (exact) mass is 288 g/mol. The Morgan fingerprint density at radius 2 is 2.05 bits per heavy atom. The summed E-state index contributed by atoms with van der Waals surface area (Å²) in [6.45, 7) is 3.29. The minimum atomic E-state index is -3.49. The molecule has 0 spiro atoms. The predicted molar refractivity (Wildman–Crippen MR) is 70.8 cm³/mol. The van der Waals surface area contributed by atoms with E-state index < -0.39 is 32.4 Å². The first kappa shape index (κ1) is 15.6. The van der Waals surface area contributed by atoms with Gasteiger partial charge in [-0.2, -0.15) is 0 Å². The first-order chi connectivity index (χ1) is 8.81. The van der Waals surface area contributed by atoms with Gasteiger partial charge < -0.3 is 4.74 Å². The van der Waals surface area contributed by atoms with Gasteiger partial charge in [0.15, 0.2) is 27.2 Å². The van der Waals surface area contributed by atoms with Crippen molar-refractivity contribution in [3.05, 3.63) is 29.6 Å². The summed E-state index contributed by atoms with van der Waals surface area (Å²) in [4.78, 5) is 11.8. The van der Waals surface area contributed by atoms with Crippen molar-refractivity contribution < 1.29 is 22.3 Å². The van der Waals surface area contributed by atoms with E-state index in [0.29, 0.717) is 6.42 Å². The molecule has 0 aliphatic carbocycles. The Morgan fingerprint density at radius 3 is 2.53 bits per heavy atom. The van der Waals surface area contributed by atoms with Gasteiger partial charge in [-0.1, -0.05) is 6.92 Å². The van der Waals surface area contributed by atoms with Crippen LogP contribution in [0.2, 0.25) is 0 Å². The number of ether oxygens (including phenoxy) is 1. The number of ketones is 1. The molecule has 0 radical (unpaired) electrons. The van der Waals surface area contributed by atoms with E-state index in [9.17, 15) is 17.6 Å². The normalized spacial score (nSPS) is 13.1. The molecule has 0 aliphatic rings. The lowest BCUT2D eigenvalue weighted by Gasteiger charge is -2.10. The number of carbonyl (C=O) groups excluding carboxylic acids is 1. The zero-order valence-electron chi connectivity index (χ0n) is 11.1. The van der Waals surface area contributed by atoms with Crippen LogP contribution >= 0.6 is 0 Å². The highest BCUT2D eigenvalue weighted by atomic mass is 32.2. The number of benzene rings is 1. The molecule has 0 bridgehead atoms. The van der Waals surface area contributed by atoms with E-state index in [1.165, 1.54) is 19.2 Å². The third-order valence-electron chi connectivity index (χ3n) is 2.99. The molecule has 1 aromatic carbocycles. The zero-order valence-corrected chi connectivity index (χ0v) is 12.0. The van der Waals surface area contributed by atoms with Gasteiger partial charge in [0.05, 0.1) is 12.4 Å². The van der Waals surface area contributed by atoms with Crippen LogP contribution in [-0.4, -0.2) is 32.3 Å². The van der Waals surface area contributed by atoms with Crippen LogP contribution < -0.4 is 4.74 Å². The number of methoxy groups -OCH3 is 1. The van der Waals surface area contributed by atoms with E-state index in [1.54, 1.807) is 13.8 Å². The molecule has 0 fully saturated rings. The van der Waals surface area contributed by atoms with Crippen LogP contribution in [-0.2, 0) is 9.84 Å². The quantitative estimate of drug-likeness (QED) is 0.753. The molecule has 0 N–H and O–H groups in total. The largest absolute Gasteiger partial charge is 0.494 e. The Labute approximate surface area is 112 Å². The molecular formula is C13H17FO4S. The SMILES string of the molecule is CCC(C)S(=O)(=O)CC(=O)c1ccc(OC)c(F)c1. The highest BCUT2D eigenvalue weighted by Crippen LogP contribution is 2.19. The van der Waals surface area contributed by atoms with Crippen molar-refractivity contribution >= 4 is 15.6 Å². The summed E-state index contributed by atoms with van der Waals surface area (Å²) in [5, 5.41) is -0.584. The minimum Gasteiger partial charge on any atom is -0.494 e. The standard InChI is InChI=1S/C13H17FO4S/c1-4-9(2)19(16,17)8-12(15)10-5-6-13(18-3)11(14)7-10/h5-7,9H,4,8H2,1-3H3. The van der Waals surface area contributed by atoms with Crippen LogP contribution in [0.5, 0.6) is 5.75 Å². The summed E-state index contributed by atoms with van der Waals surface area (Å²) in [5.41, 5.74) is 0.0326. The Kier molecular flexibility index (Phi) is 5.05. The molecule has 6 heteroatoms. The van der Waals surface area contributed by atoms with Gasteiger partial charge >= 0.3 is 0 Å². The highest BCUT2D eigenvalue weighted by molar-refractivity contribution is 7.92. The third-order valence-corrected chi connectivity index (χ3v) is 5.22. The van der Waals surface area contributed by atoms with E-state index in [-0.39, 0.29) is 11.3 Å². The maximum Gasteiger partial charge on any atom is 0.177 e. The van der Waals surface area contributed by atoms with Crippen molar-refractivity contribution in [2.24, 2.45) is 0 Å². The van der Waals surface area contributed by atoms with E-state index in [0.717, 1.165) is 6.07 Å². The van der Waals surface area contributed by atoms with Gasteiger partial charge in [0, 0.05) is 5.56 Å². The van der Waals surface area contributed by atoms with E-state index in [4.69, 9.17) is 4.74 Å². The average molecular weight is 288 g/mol. The van der Waals surface area contributed by atoms with Crippen molar-refractivity contribution in [3.8, 4) is 5.75 Å². The molecule has 0 amide bonds. The number of Topliss-reactive ketones (excluding diaryl/α,β-unsaturated/α-hetero) is 1. The second-order valence-corrected chi connectivity index (χ2v) is 6.72. The van der Waals surface area contributed by atoms with Gasteiger partial charge in [-0.3, -0.25) is 4.79 Å². The molecule has 0 saturated carbocycles. The van der Waals surface area contributed by atoms with Gasteiger partial charge in [0.25, 0.3) is 0 Å². The van der Waals surface area contributed by atoms with Gasteiger partial charge in [-0.15, -0.1) is 0 Å². The van der Waals surface area contributed by atoms with Gasteiger partial charge in [-0.25, -0.2) is 12.8 Å². The molecular weight excluding hydrogens is 271 g/mol. The highest BCUT2D eigenvalue weighted by Gasteiger charge is 2.24. The van der Waals surface area contributed by atoms with Crippen molar-refractivity contribution in [2.75, 3.05) is 12.9 Å². The predicted octanol–water partition coefficient (Wildman–Crippen LogP) is 2.23. The molecule has 4 nitrogen and oxygen atoms in total. The molecule has 106 valence electrons. The number of hydrogen-bond acceptors (Lipinski definition) is 4. The van der Waals surface area contributed by atoms with Gasteiger partial charge in [0.2, 0.25) is 0 Å². The first-order valence-corrected chi connectivity index (χ1v) is 7.61. The molecule has 0 saturated heterocycles. The van der Waals surface area contributed by atoms with Crippen molar-refractivity contribution in [2.45, 2.75) is 25.5 Å². The fourth-order valence-corrected chi connectivity index (χ4v) is 2.83. The van der Waals surface area contributed by atoms with Crippen LogP contribution in [0.4, 0.5) is 4.39 Å². The van der Waals surface area contributed by atoms with Crippen molar-refractivity contribution in [1.29, 1.82) is 0 Å². The summed E-state index contributed by atoms with van der Waals surface area (Å²) in [5.74, 6) is -1.88. The van der Waals surface area contributed by atoms with Crippen molar-refractivity contribution in [1.82, 2.24) is 0 Å². The van der Waals surface area contributed by atoms with Crippen LogP contribution in [0.25, 0.3) is 0 Å². The third kappa shape index (κ3) is 3.76. The molecule has 0 aliphatic heterocycles. The lowest BCUT2D eigenvalue weighted by atomic mass is 10.1. The molecule has 0 aromatic heterocycles. The summed E-state index contributed by atoms with van der Waals surface area (Å²) in [7, 11) is -2.18. The Hall–Kier alpha value is -1.43. The Balaban J connectivity index is 2.94. The number of hydrogen-bond donors (Lipinski definition) is 0. The Morgan fingerprint density at radius 1 is 1.42 bits per heavy atom. The molecule has 0 heterocycles. The fraction of sp³-hybridized carbons (Fsp3) is 0.462. The second kappa shape index (κ2) is 6.14.